The van der Waals surface area contributed by atoms with E-state index in [1.807, 2.05) is 0 Å². The van der Waals surface area contributed by atoms with E-state index in [0.717, 1.165) is 0 Å². The van der Waals surface area contributed by atoms with E-state index >= 15 is 0 Å². The third-order valence-electron chi connectivity index (χ3n) is 0.993. The molecule has 0 aliphatic rings. The Morgan fingerprint density at radius 1 is 1.29 bits per heavy atom. The first kappa shape index (κ1) is 14.9. The predicted molar refractivity (Wildman–Crippen MR) is 46.8 cm³/mol. The lowest BCUT2D eigenvalue weighted by Gasteiger charge is -2.04. The number of carboxylic acids is 2. The predicted octanol–water partition coefficient (Wildman–Crippen LogP) is 0.504. The second-order valence-electron chi connectivity index (χ2n) is 2.34. The first-order valence-corrected chi connectivity index (χ1v) is 3.93. The van der Waals surface area contributed by atoms with Gasteiger partial charge in [0.05, 0.1) is 0 Å². The topological polar surface area (TPSA) is 101 Å². The molecule has 0 saturated carbocycles. The van der Waals surface area contributed by atoms with Crippen molar-refractivity contribution in [3.05, 3.63) is 0 Å². The van der Waals surface area contributed by atoms with Gasteiger partial charge in [-0.1, -0.05) is 6.92 Å². The molecule has 0 bridgehead atoms. The first-order valence-electron chi connectivity index (χ1n) is 3.93. The highest BCUT2D eigenvalue weighted by molar-refractivity contribution is 5.76. The average Bonchev–Trinajstić information content (AvgIpc) is 2.04. The Morgan fingerprint density at radius 2 is 1.64 bits per heavy atom. The van der Waals surface area contributed by atoms with Crippen molar-refractivity contribution in [3.63, 3.8) is 0 Å². The second-order valence-corrected chi connectivity index (χ2v) is 2.34. The molecule has 0 aromatic heterocycles. The molecule has 6 heteroatoms. The Hall–Kier alpha value is -1.59. The van der Waals surface area contributed by atoms with E-state index in [0.29, 0.717) is 0 Å². The van der Waals surface area contributed by atoms with Gasteiger partial charge in [-0.05, 0) is 6.92 Å². The van der Waals surface area contributed by atoms with Crippen LogP contribution in [0.2, 0.25) is 0 Å². The minimum absolute atomic E-state index is 0.222. The quantitative estimate of drug-likeness (QED) is 0.652. The number of hydrogen-bond donors (Lipinski definition) is 2. The van der Waals surface area contributed by atoms with Crippen LogP contribution >= 0.6 is 0 Å². The van der Waals surface area contributed by atoms with Crippen molar-refractivity contribution < 1.29 is 29.3 Å². The van der Waals surface area contributed by atoms with Crippen LogP contribution in [-0.2, 0) is 19.1 Å². The number of ether oxygens (including phenoxy) is 1. The molecule has 0 heterocycles. The van der Waals surface area contributed by atoms with Crippen molar-refractivity contribution in [2.45, 2.75) is 33.3 Å². The minimum Gasteiger partial charge on any atom is -0.481 e. The molecular weight excluding hydrogens is 192 g/mol. The van der Waals surface area contributed by atoms with Crippen molar-refractivity contribution in [2.24, 2.45) is 0 Å². The summed E-state index contributed by atoms with van der Waals surface area (Å²) >= 11 is 0. The molecule has 82 valence electrons. The van der Waals surface area contributed by atoms with E-state index in [9.17, 15) is 14.4 Å². The number of rotatable bonds is 3. The van der Waals surface area contributed by atoms with Gasteiger partial charge in [0.25, 0.3) is 0 Å². The molecule has 0 aliphatic heterocycles. The fourth-order valence-corrected chi connectivity index (χ4v) is 0.299. The minimum atomic E-state index is -1.13. The molecule has 1 unspecified atom stereocenters. The van der Waals surface area contributed by atoms with Crippen LogP contribution in [0, 0.1) is 0 Å². The molecule has 0 fully saturated rings. The van der Waals surface area contributed by atoms with Gasteiger partial charge < -0.3 is 14.9 Å². The van der Waals surface area contributed by atoms with Crippen LogP contribution in [0.3, 0.4) is 0 Å². The van der Waals surface area contributed by atoms with Gasteiger partial charge in [-0.15, -0.1) is 0 Å². The van der Waals surface area contributed by atoms with E-state index in [4.69, 9.17) is 10.2 Å². The number of hydrogen-bond acceptors (Lipinski definition) is 4. The highest BCUT2D eigenvalue weighted by atomic mass is 16.6. The normalized spacial score (nSPS) is 10.5. The maximum Gasteiger partial charge on any atom is 0.344 e. The maximum atomic E-state index is 10.1. The van der Waals surface area contributed by atoms with Gasteiger partial charge in [0.1, 0.15) is 0 Å². The molecule has 0 aromatic rings. The Bertz CT molecular complexity index is 210. The molecule has 1 atom stereocenters. The van der Waals surface area contributed by atoms with Crippen molar-refractivity contribution in [1.82, 2.24) is 0 Å². The summed E-state index contributed by atoms with van der Waals surface area (Å²) in [6, 6.07) is 0. The van der Waals surface area contributed by atoms with Gasteiger partial charge in [0.15, 0.2) is 6.10 Å². The summed E-state index contributed by atoms with van der Waals surface area (Å²) in [6.07, 6.45) is -0.817. The summed E-state index contributed by atoms with van der Waals surface area (Å²) in [6.45, 7) is 4.06. The van der Waals surface area contributed by atoms with Crippen LogP contribution < -0.4 is 0 Å². The number of esters is 1. The molecule has 2 N–H and O–H groups in total. The largest absolute Gasteiger partial charge is 0.481 e. The average molecular weight is 206 g/mol. The molecule has 0 amide bonds. The van der Waals surface area contributed by atoms with Crippen LogP contribution in [0.1, 0.15) is 27.2 Å². The standard InChI is InChI=1S/C5H8O4.C3H6O2/c1-3(5(7)8)9-4(2)6;1-2-3(4)5/h3H,1-2H3,(H,7,8);2H2,1H3,(H,4,5). The number of carbonyl (C=O) groups is 3. The van der Waals surface area contributed by atoms with Gasteiger partial charge in [0, 0.05) is 13.3 Å². The zero-order valence-corrected chi connectivity index (χ0v) is 8.31. The van der Waals surface area contributed by atoms with Crippen LogP contribution in [0.4, 0.5) is 0 Å². The summed E-state index contributed by atoms with van der Waals surface area (Å²) < 4.78 is 4.27. The fraction of sp³-hybridized carbons (Fsp3) is 0.625. The molecule has 0 spiro atoms. The summed E-state index contributed by atoms with van der Waals surface area (Å²) in [4.78, 5) is 29.4. The van der Waals surface area contributed by atoms with E-state index < -0.39 is 24.0 Å². The summed E-state index contributed by atoms with van der Waals surface area (Å²) in [5.74, 6) is -2.46. The van der Waals surface area contributed by atoms with Gasteiger partial charge in [0.2, 0.25) is 0 Å². The van der Waals surface area contributed by atoms with E-state index in [-0.39, 0.29) is 6.42 Å². The van der Waals surface area contributed by atoms with Crippen molar-refractivity contribution in [3.8, 4) is 0 Å². The summed E-state index contributed by atoms with van der Waals surface area (Å²) in [5.41, 5.74) is 0. The van der Waals surface area contributed by atoms with Crippen LogP contribution in [-0.4, -0.2) is 34.2 Å². The smallest absolute Gasteiger partial charge is 0.344 e. The molecule has 0 rings (SSSR count). The Labute approximate surface area is 81.5 Å². The van der Waals surface area contributed by atoms with Gasteiger partial charge in [-0.25, -0.2) is 4.79 Å². The molecule has 0 radical (unpaired) electrons. The van der Waals surface area contributed by atoms with Crippen LogP contribution in [0.5, 0.6) is 0 Å². The maximum absolute atomic E-state index is 10.1. The molecule has 6 nitrogen and oxygen atoms in total. The highest BCUT2D eigenvalue weighted by Crippen LogP contribution is 1.89. The lowest BCUT2D eigenvalue weighted by atomic mass is 10.4. The summed E-state index contributed by atoms with van der Waals surface area (Å²) in [7, 11) is 0. The highest BCUT2D eigenvalue weighted by Gasteiger charge is 2.12. The molecule has 14 heavy (non-hydrogen) atoms. The number of carboxylic acid groups (broad SMARTS) is 2. The van der Waals surface area contributed by atoms with E-state index in [1.165, 1.54) is 13.8 Å². The van der Waals surface area contributed by atoms with Crippen LogP contribution in [0.25, 0.3) is 0 Å². The third kappa shape index (κ3) is 13.0. The number of aliphatic carboxylic acids is 2. The Morgan fingerprint density at radius 3 is 1.71 bits per heavy atom. The lowest BCUT2D eigenvalue weighted by Crippen LogP contribution is -2.21. The van der Waals surface area contributed by atoms with Crippen molar-refractivity contribution in [1.29, 1.82) is 0 Å². The van der Waals surface area contributed by atoms with Gasteiger partial charge in [-0.3, -0.25) is 9.59 Å². The number of carbonyl (C=O) groups excluding carboxylic acids is 1. The molecular formula is C8H14O6. The molecule has 0 saturated heterocycles. The monoisotopic (exact) mass is 206 g/mol. The van der Waals surface area contributed by atoms with Gasteiger partial charge in [-0.2, -0.15) is 0 Å². The third-order valence-corrected chi connectivity index (χ3v) is 0.993. The molecule has 0 aromatic carbocycles. The Kier molecular flexibility index (Phi) is 8.55. The van der Waals surface area contributed by atoms with Gasteiger partial charge >= 0.3 is 17.9 Å². The second kappa shape index (κ2) is 8.03. The fourth-order valence-electron chi connectivity index (χ4n) is 0.299. The SMILES string of the molecule is CC(=O)OC(C)C(=O)O.CCC(=O)O. The molecule has 0 aliphatic carbocycles. The van der Waals surface area contributed by atoms with E-state index in [1.54, 1.807) is 6.92 Å². The van der Waals surface area contributed by atoms with Crippen molar-refractivity contribution in [2.75, 3.05) is 0 Å². The van der Waals surface area contributed by atoms with E-state index in [2.05, 4.69) is 4.74 Å². The lowest BCUT2D eigenvalue weighted by molar-refractivity contribution is -0.161. The summed E-state index contributed by atoms with van der Waals surface area (Å²) in [5, 5.41) is 15.9. The zero-order valence-electron chi connectivity index (χ0n) is 8.31. The van der Waals surface area contributed by atoms with Crippen LogP contribution in [0.15, 0.2) is 0 Å². The Balaban J connectivity index is 0. The van der Waals surface area contributed by atoms with Crippen molar-refractivity contribution >= 4 is 17.9 Å². The zero-order chi connectivity index (χ0) is 11.7. The first-order chi connectivity index (χ1) is 6.31.